The van der Waals surface area contributed by atoms with Crippen molar-refractivity contribution in [2.75, 3.05) is 0 Å². The van der Waals surface area contributed by atoms with Crippen LogP contribution in [0.4, 0.5) is 5.69 Å². The van der Waals surface area contributed by atoms with Gasteiger partial charge in [0.1, 0.15) is 0 Å². The van der Waals surface area contributed by atoms with Crippen LogP contribution in [0.15, 0.2) is 29.4 Å². The smallest absolute Gasteiger partial charge is 0.304 e. The Labute approximate surface area is 92.7 Å². The van der Waals surface area contributed by atoms with Gasteiger partial charge >= 0.3 is 5.97 Å². The van der Waals surface area contributed by atoms with Crippen molar-refractivity contribution in [2.45, 2.75) is 13.0 Å². The van der Waals surface area contributed by atoms with Gasteiger partial charge in [-0.3, -0.25) is 4.79 Å². The molecule has 0 aliphatic carbocycles. The fourth-order valence-corrected chi connectivity index (χ4v) is 1.20. The number of azide groups is 1. The highest BCUT2D eigenvalue weighted by Crippen LogP contribution is 2.27. The Kier molecular flexibility index (Phi) is 3.96. The number of benzene rings is 1. The third kappa shape index (κ3) is 2.77. The lowest BCUT2D eigenvalue weighted by molar-refractivity contribution is -0.144. The van der Waals surface area contributed by atoms with E-state index >= 15 is 0 Å². The van der Waals surface area contributed by atoms with Crippen molar-refractivity contribution in [3.63, 3.8) is 0 Å². The summed E-state index contributed by atoms with van der Waals surface area (Å²) in [6, 6.07) is 6.68. The minimum Gasteiger partial charge on any atom is -0.444 e. The van der Waals surface area contributed by atoms with Crippen LogP contribution in [0.25, 0.3) is 10.4 Å². The Hall–Kier alpha value is -2.44. The van der Waals surface area contributed by atoms with E-state index in [1.807, 2.05) is 0 Å². The molecule has 1 rings (SSSR count). The van der Waals surface area contributed by atoms with Gasteiger partial charge in [-0.15, -0.1) is 6.42 Å². The first-order chi connectivity index (χ1) is 7.69. The van der Waals surface area contributed by atoms with Crippen LogP contribution in [0.2, 0.25) is 0 Å². The number of hydrogen-bond donors (Lipinski definition) is 0. The molecule has 0 N–H and O–H groups in total. The average Bonchev–Trinajstić information content (AvgIpc) is 2.27. The standard InChI is InChI=1S/C11H9N3O2/c1-3-11(16-8(2)15)9-6-4-5-7-10(9)13-14-12/h1,4-7,11H,2H3. The Balaban J connectivity index is 3.14. The third-order valence-electron chi connectivity index (χ3n) is 1.81. The number of ether oxygens (including phenoxy) is 1. The molecule has 0 saturated carbocycles. The van der Waals surface area contributed by atoms with Crippen LogP contribution < -0.4 is 0 Å². The van der Waals surface area contributed by atoms with Gasteiger partial charge in [-0.05, 0) is 5.53 Å². The fraction of sp³-hybridized carbons (Fsp3) is 0.182. The van der Waals surface area contributed by atoms with E-state index in [2.05, 4.69) is 15.9 Å². The molecule has 0 aliphatic rings. The predicted molar refractivity (Wildman–Crippen MR) is 58.6 cm³/mol. The van der Waals surface area contributed by atoms with Crippen LogP contribution >= 0.6 is 0 Å². The Morgan fingerprint density at radius 1 is 1.62 bits per heavy atom. The minimum atomic E-state index is -0.834. The highest BCUT2D eigenvalue weighted by molar-refractivity contribution is 5.67. The van der Waals surface area contributed by atoms with Gasteiger partial charge in [0.25, 0.3) is 0 Å². The molecule has 0 aliphatic heterocycles. The monoisotopic (exact) mass is 215 g/mol. The van der Waals surface area contributed by atoms with Gasteiger partial charge in [0.05, 0.1) is 0 Å². The zero-order chi connectivity index (χ0) is 12.0. The first kappa shape index (κ1) is 11.6. The zero-order valence-electron chi connectivity index (χ0n) is 8.62. The molecule has 1 aromatic rings. The number of carbonyl (C=O) groups excluding carboxylic acids is 1. The topological polar surface area (TPSA) is 75.1 Å². The molecular weight excluding hydrogens is 206 g/mol. The maximum absolute atomic E-state index is 10.8. The van der Waals surface area contributed by atoms with Gasteiger partial charge in [-0.1, -0.05) is 35.3 Å². The molecule has 0 aromatic heterocycles. The summed E-state index contributed by atoms with van der Waals surface area (Å²) < 4.78 is 4.91. The van der Waals surface area contributed by atoms with Crippen LogP contribution in [0.5, 0.6) is 0 Å². The van der Waals surface area contributed by atoms with E-state index in [1.165, 1.54) is 6.92 Å². The molecule has 0 spiro atoms. The number of carbonyl (C=O) groups is 1. The first-order valence-electron chi connectivity index (χ1n) is 4.46. The number of terminal acetylenes is 1. The molecule has 0 bridgehead atoms. The number of esters is 1. The van der Waals surface area contributed by atoms with E-state index in [4.69, 9.17) is 16.7 Å². The highest BCUT2D eigenvalue weighted by atomic mass is 16.5. The summed E-state index contributed by atoms with van der Waals surface area (Å²) in [6.07, 6.45) is 4.42. The van der Waals surface area contributed by atoms with Gasteiger partial charge in [0.15, 0.2) is 6.10 Å². The van der Waals surface area contributed by atoms with Crippen LogP contribution in [0.1, 0.15) is 18.6 Å². The van der Waals surface area contributed by atoms with E-state index in [1.54, 1.807) is 24.3 Å². The molecule has 1 atom stereocenters. The van der Waals surface area contributed by atoms with E-state index < -0.39 is 12.1 Å². The molecule has 0 amide bonds. The van der Waals surface area contributed by atoms with E-state index in [0.29, 0.717) is 11.3 Å². The van der Waals surface area contributed by atoms with Crippen molar-refractivity contribution in [1.82, 2.24) is 0 Å². The minimum absolute atomic E-state index is 0.356. The van der Waals surface area contributed by atoms with Crippen molar-refractivity contribution in [2.24, 2.45) is 5.11 Å². The quantitative estimate of drug-likeness (QED) is 0.255. The second-order valence-corrected chi connectivity index (χ2v) is 2.90. The van der Waals surface area contributed by atoms with Crippen molar-refractivity contribution in [3.8, 4) is 12.3 Å². The summed E-state index contributed by atoms with van der Waals surface area (Å²) in [6.45, 7) is 1.26. The molecule has 1 aromatic carbocycles. The summed E-state index contributed by atoms with van der Waals surface area (Å²) in [5.41, 5.74) is 9.23. The number of hydrogen-bond acceptors (Lipinski definition) is 3. The number of nitrogens with zero attached hydrogens (tertiary/aromatic N) is 3. The lowest BCUT2D eigenvalue weighted by atomic mass is 10.1. The molecule has 16 heavy (non-hydrogen) atoms. The van der Waals surface area contributed by atoms with E-state index in [0.717, 1.165) is 0 Å². The summed E-state index contributed by atoms with van der Waals surface area (Å²) in [4.78, 5) is 13.5. The van der Waals surface area contributed by atoms with Crippen molar-refractivity contribution in [3.05, 3.63) is 40.3 Å². The Bertz CT molecular complexity index is 484. The molecule has 1 unspecified atom stereocenters. The Morgan fingerprint density at radius 3 is 2.88 bits per heavy atom. The van der Waals surface area contributed by atoms with Gasteiger partial charge in [-0.25, -0.2) is 0 Å². The summed E-state index contributed by atoms with van der Waals surface area (Å²) in [5, 5.41) is 3.48. The maximum Gasteiger partial charge on any atom is 0.304 e. The predicted octanol–water partition coefficient (Wildman–Crippen LogP) is 2.87. The zero-order valence-corrected chi connectivity index (χ0v) is 8.62. The first-order valence-corrected chi connectivity index (χ1v) is 4.46. The molecule has 5 nitrogen and oxygen atoms in total. The summed E-state index contributed by atoms with van der Waals surface area (Å²) in [5.74, 6) is 1.83. The van der Waals surface area contributed by atoms with Crippen LogP contribution in [-0.4, -0.2) is 5.97 Å². The molecule has 0 saturated heterocycles. The van der Waals surface area contributed by atoms with Gasteiger partial charge < -0.3 is 4.74 Å². The average molecular weight is 215 g/mol. The fourth-order valence-electron chi connectivity index (χ4n) is 1.20. The second kappa shape index (κ2) is 5.44. The SMILES string of the molecule is C#CC(OC(C)=O)c1ccccc1N=[N+]=[N-]. The van der Waals surface area contributed by atoms with Crippen molar-refractivity contribution in [1.29, 1.82) is 0 Å². The Morgan fingerprint density at radius 2 is 2.31 bits per heavy atom. The highest BCUT2D eigenvalue weighted by Gasteiger charge is 2.14. The van der Waals surface area contributed by atoms with Crippen LogP contribution in [-0.2, 0) is 9.53 Å². The molecular formula is C11H9N3O2. The van der Waals surface area contributed by atoms with Gasteiger partial charge in [0.2, 0.25) is 0 Å². The van der Waals surface area contributed by atoms with Gasteiger partial charge in [-0.2, -0.15) is 0 Å². The molecule has 0 heterocycles. The normalized spacial score (nSPS) is 10.8. The maximum atomic E-state index is 10.8. The molecule has 80 valence electrons. The van der Waals surface area contributed by atoms with E-state index in [9.17, 15) is 4.79 Å². The molecule has 5 heteroatoms. The molecule has 0 radical (unpaired) electrons. The van der Waals surface area contributed by atoms with Gasteiger partial charge in [0, 0.05) is 23.1 Å². The largest absolute Gasteiger partial charge is 0.444 e. The molecule has 0 fully saturated rings. The third-order valence-corrected chi connectivity index (χ3v) is 1.81. The summed E-state index contributed by atoms with van der Waals surface area (Å²) >= 11 is 0. The van der Waals surface area contributed by atoms with Crippen molar-refractivity contribution < 1.29 is 9.53 Å². The summed E-state index contributed by atoms with van der Waals surface area (Å²) in [7, 11) is 0. The second-order valence-electron chi connectivity index (χ2n) is 2.90. The lowest BCUT2D eigenvalue weighted by Gasteiger charge is -2.12. The van der Waals surface area contributed by atoms with Crippen molar-refractivity contribution >= 4 is 11.7 Å². The number of rotatable bonds is 3. The van der Waals surface area contributed by atoms with E-state index in [-0.39, 0.29) is 0 Å². The lowest BCUT2D eigenvalue weighted by Crippen LogP contribution is -2.06. The van der Waals surface area contributed by atoms with Crippen LogP contribution in [0, 0.1) is 12.3 Å². The van der Waals surface area contributed by atoms with Crippen LogP contribution in [0.3, 0.4) is 0 Å².